The van der Waals surface area contributed by atoms with Crippen LogP contribution in [0.25, 0.3) is 0 Å². The molecule has 18 heavy (non-hydrogen) atoms. The maximum atomic E-state index is 5.46. The summed E-state index contributed by atoms with van der Waals surface area (Å²) < 4.78 is 10.6. The second-order valence-corrected chi connectivity index (χ2v) is 3.98. The minimum atomic E-state index is 0.663. The van der Waals surface area contributed by atoms with Crippen LogP contribution in [0.2, 0.25) is 0 Å². The Balaban J connectivity index is 1.87. The Kier molecular flexibility index (Phi) is 4.93. The van der Waals surface area contributed by atoms with Gasteiger partial charge >= 0.3 is 0 Å². The zero-order chi connectivity index (χ0) is 12.6. The van der Waals surface area contributed by atoms with Crippen molar-refractivity contribution >= 4 is 0 Å². The Hall–Kier alpha value is -1.65. The number of hydrogen-bond donors (Lipinski definition) is 1. The minimum Gasteiger partial charge on any atom is -0.447 e. The molecule has 1 heterocycles. The number of nitrogens with one attached hydrogen (secondary N) is 1. The van der Waals surface area contributed by atoms with Crippen LogP contribution in [0.4, 0.5) is 0 Å². The highest BCUT2D eigenvalue weighted by Gasteiger charge is 2.02. The molecule has 0 aliphatic rings. The van der Waals surface area contributed by atoms with E-state index in [9.17, 15) is 0 Å². The average molecular weight is 246 g/mol. The van der Waals surface area contributed by atoms with Gasteiger partial charge in [-0.05, 0) is 18.1 Å². The van der Waals surface area contributed by atoms with Crippen molar-refractivity contribution in [3.8, 4) is 0 Å². The Labute approximate surface area is 107 Å². The number of nitrogens with zero attached hydrogens (tertiary/aromatic N) is 1. The van der Waals surface area contributed by atoms with Gasteiger partial charge in [-0.25, -0.2) is 4.98 Å². The molecule has 0 atom stereocenters. The molecule has 1 aromatic heterocycles. The molecule has 1 N–H and O–H groups in total. The van der Waals surface area contributed by atoms with Crippen molar-refractivity contribution in [1.82, 2.24) is 10.3 Å². The summed E-state index contributed by atoms with van der Waals surface area (Å²) in [5, 5.41) is 3.33. The number of benzene rings is 1. The van der Waals surface area contributed by atoms with Gasteiger partial charge in [0.05, 0.1) is 19.3 Å². The molecule has 4 nitrogen and oxygen atoms in total. The molecule has 0 spiro atoms. The fourth-order valence-electron chi connectivity index (χ4n) is 1.73. The molecular formula is C14H18N2O2. The van der Waals surface area contributed by atoms with Gasteiger partial charge in [-0.3, -0.25) is 0 Å². The van der Waals surface area contributed by atoms with E-state index in [4.69, 9.17) is 9.15 Å². The predicted octanol–water partition coefficient (Wildman–Crippen LogP) is 2.50. The number of oxazole rings is 1. The van der Waals surface area contributed by atoms with Crippen molar-refractivity contribution in [3.05, 3.63) is 53.7 Å². The third kappa shape index (κ3) is 3.68. The summed E-state index contributed by atoms with van der Waals surface area (Å²) in [4.78, 5) is 3.88. The topological polar surface area (TPSA) is 47.3 Å². The summed E-state index contributed by atoms with van der Waals surface area (Å²) in [6.45, 7) is 4.88. The van der Waals surface area contributed by atoms with Gasteiger partial charge in [-0.15, -0.1) is 0 Å². The van der Waals surface area contributed by atoms with E-state index in [1.165, 1.54) is 17.5 Å². The SMILES string of the molecule is CCOCc1ccccc1CNCc1cnco1. The average Bonchev–Trinajstić information content (AvgIpc) is 2.91. The van der Waals surface area contributed by atoms with Gasteiger partial charge in [0.25, 0.3) is 0 Å². The van der Waals surface area contributed by atoms with Crippen LogP contribution in [0.3, 0.4) is 0 Å². The lowest BCUT2D eigenvalue weighted by atomic mass is 10.1. The maximum Gasteiger partial charge on any atom is 0.180 e. The van der Waals surface area contributed by atoms with Gasteiger partial charge in [0.2, 0.25) is 0 Å². The second-order valence-electron chi connectivity index (χ2n) is 3.98. The van der Waals surface area contributed by atoms with Crippen LogP contribution in [-0.2, 0) is 24.4 Å². The summed E-state index contributed by atoms with van der Waals surface area (Å²) >= 11 is 0. The summed E-state index contributed by atoms with van der Waals surface area (Å²) in [6, 6.07) is 8.29. The molecule has 0 saturated carbocycles. The van der Waals surface area contributed by atoms with Gasteiger partial charge in [0, 0.05) is 13.2 Å². The van der Waals surface area contributed by atoms with Crippen LogP contribution in [0.15, 0.2) is 41.3 Å². The molecule has 2 aromatic rings. The van der Waals surface area contributed by atoms with E-state index in [1.807, 2.05) is 19.1 Å². The third-order valence-electron chi connectivity index (χ3n) is 2.68. The van der Waals surface area contributed by atoms with Crippen molar-refractivity contribution in [2.75, 3.05) is 6.61 Å². The first-order valence-electron chi connectivity index (χ1n) is 6.12. The largest absolute Gasteiger partial charge is 0.447 e. The molecule has 0 saturated heterocycles. The van der Waals surface area contributed by atoms with Crippen molar-refractivity contribution in [2.45, 2.75) is 26.6 Å². The molecule has 0 unspecified atom stereocenters. The predicted molar refractivity (Wildman–Crippen MR) is 68.8 cm³/mol. The van der Waals surface area contributed by atoms with E-state index < -0.39 is 0 Å². The highest BCUT2D eigenvalue weighted by Crippen LogP contribution is 2.10. The van der Waals surface area contributed by atoms with Crippen LogP contribution >= 0.6 is 0 Å². The Morgan fingerprint density at radius 2 is 2.06 bits per heavy atom. The van der Waals surface area contributed by atoms with Crippen molar-refractivity contribution in [2.24, 2.45) is 0 Å². The molecule has 96 valence electrons. The molecule has 0 aliphatic heterocycles. The first kappa shape index (κ1) is 12.8. The lowest BCUT2D eigenvalue weighted by Gasteiger charge is -2.09. The Bertz CT molecular complexity index is 455. The molecule has 4 heteroatoms. The van der Waals surface area contributed by atoms with Crippen molar-refractivity contribution in [1.29, 1.82) is 0 Å². The molecule has 2 rings (SSSR count). The van der Waals surface area contributed by atoms with Crippen LogP contribution in [0.1, 0.15) is 23.8 Å². The smallest absolute Gasteiger partial charge is 0.180 e. The van der Waals surface area contributed by atoms with Gasteiger partial charge in [-0.2, -0.15) is 0 Å². The van der Waals surface area contributed by atoms with Crippen LogP contribution in [0.5, 0.6) is 0 Å². The van der Waals surface area contributed by atoms with Gasteiger partial charge < -0.3 is 14.5 Å². The van der Waals surface area contributed by atoms with E-state index in [1.54, 1.807) is 6.20 Å². The molecule has 0 radical (unpaired) electrons. The van der Waals surface area contributed by atoms with E-state index in [-0.39, 0.29) is 0 Å². The fourth-order valence-corrected chi connectivity index (χ4v) is 1.73. The molecule has 0 amide bonds. The number of rotatable bonds is 7. The Morgan fingerprint density at radius 1 is 1.22 bits per heavy atom. The first-order chi connectivity index (χ1) is 8.90. The van der Waals surface area contributed by atoms with E-state index in [0.29, 0.717) is 13.2 Å². The lowest BCUT2D eigenvalue weighted by Crippen LogP contribution is -2.13. The highest BCUT2D eigenvalue weighted by molar-refractivity contribution is 5.26. The van der Waals surface area contributed by atoms with Crippen LogP contribution in [-0.4, -0.2) is 11.6 Å². The van der Waals surface area contributed by atoms with Crippen molar-refractivity contribution in [3.63, 3.8) is 0 Å². The van der Waals surface area contributed by atoms with E-state index in [2.05, 4.69) is 22.4 Å². The maximum absolute atomic E-state index is 5.46. The lowest BCUT2D eigenvalue weighted by molar-refractivity contribution is 0.133. The van der Waals surface area contributed by atoms with Gasteiger partial charge in [-0.1, -0.05) is 24.3 Å². The standard InChI is InChI=1S/C14H18N2O2/c1-2-17-10-13-6-4-3-5-12(13)7-15-8-14-9-16-11-18-14/h3-6,9,11,15H,2,7-8,10H2,1H3. The monoisotopic (exact) mass is 246 g/mol. The summed E-state index contributed by atoms with van der Waals surface area (Å²) in [5.74, 6) is 0.845. The second kappa shape index (κ2) is 6.93. The van der Waals surface area contributed by atoms with Gasteiger partial charge in [0.1, 0.15) is 5.76 Å². The summed E-state index contributed by atoms with van der Waals surface area (Å²) in [5.41, 5.74) is 2.48. The summed E-state index contributed by atoms with van der Waals surface area (Å²) in [7, 11) is 0. The quantitative estimate of drug-likeness (QED) is 0.815. The zero-order valence-electron chi connectivity index (χ0n) is 10.6. The van der Waals surface area contributed by atoms with Crippen molar-refractivity contribution < 1.29 is 9.15 Å². The summed E-state index contributed by atoms with van der Waals surface area (Å²) in [6.07, 6.45) is 3.17. The molecule has 0 bridgehead atoms. The zero-order valence-corrected chi connectivity index (χ0v) is 10.6. The Morgan fingerprint density at radius 3 is 2.78 bits per heavy atom. The minimum absolute atomic E-state index is 0.663. The van der Waals surface area contributed by atoms with Crippen LogP contribution in [0, 0.1) is 0 Å². The van der Waals surface area contributed by atoms with E-state index in [0.717, 1.165) is 18.9 Å². The van der Waals surface area contributed by atoms with Crippen LogP contribution < -0.4 is 5.32 Å². The molecule has 0 fully saturated rings. The molecular weight excluding hydrogens is 228 g/mol. The van der Waals surface area contributed by atoms with E-state index >= 15 is 0 Å². The fraction of sp³-hybridized carbons (Fsp3) is 0.357. The first-order valence-corrected chi connectivity index (χ1v) is 6.12. The van der Waals surface area contributed by atoms with Gasteiger partial charge in [0.15, 0.2) is 6.39 Å². The third-order valence-corrected chi connectivity index (χ3v) is 2.68. The number of hydrogen-bond acceptors (Lipinski definition) is 4. The number of ether oxygens (including phenoxy) is 1. The highest BCUT2D eigenvalue weighted by atomic mass is 16.5. The molecule has 0 aliphatic carbocycles. The number of aromatic nitrogens is 1. The normalized spacial score (nSPS) is 10.7. The molecule has 1 aromatic carbocycles.